The van der Waals surface area contributed by atoms with Crippen LogP contribution in [-0.4, -0.2) is 12.1 Å². The van der Waals surface area contributed by atoms with Gasteiger partial charge in [0.05, 0.1) is 11.1 Å². The molecule has 1 aromatic rings. The monoisotopic (exact) mass is 414 g/mol. The number of alkyl halides is 3. The van der Waals surface area contributed by atoms with E-state index in [1.807, 2.05) is 6.92 Å². The van der Waals surface area contributed by atoms with Gasteiger partial charge in [-0.05, 0) is 31.4 Å². The van der Waals surface area contributed by atoms with E-state index in [9.17, 15) is 18.0 Å². The molecule has 1 aromatic carbocycles. The fourth-order valence-electron chi connectivity index (χ4n) is 3.57. The van der Waals surface area contributed by atoms with Gasteiger partial charge in [-0.2, -0.15) is 13.2 Å². The molecule has 0 bridgehead atoms. The highest BCUT2D eigenvalue weighted by Gasteiger charge is 2.35. The highest BCUT2D eigenvalue weighted by atomic mass is 19.4. The first-order valence-corrected chi connectivity index (χ1v) is 11.3. The number of hydrogen-bond acceptors (Lipinski definition) is 2. The molecule has 1 atom stereocenters. The average Bonchev–Trinajstić information content (AvgIpc) is 2.68. The third-order valence-electron chi connectivity index (χ3n) is 5.22. The van der Waals surface area contributed by atoms with Crippen molar-refractivity contribution in [2.45, 2.75) is 110 Å². The smallest absolute Gasteiger partial charge is 0.417 e. The lowest BCUT2D eigenvalue weighted by Crippen LogP contribution is -2.21. The summed E-state index contributed by atoms with van der Waals surface area (Å²) in [6, 6.07) is 4.83. The zero-order chi connectivity index (χ0) is 21.5. The van der Waals surface area contributed by atoms with Crippen LogP contribution in [0.3, 0.4) is 0 Å². The first kappa shape index (κ1) is 25.5. The van der Waals surface area contributed by atoms with E-state index < -0.39 is 23.3 Å². The molecule has 1 rings (SSSR count). The molecule has 5 heteroatoms. The van der Waals surface area contributed by atoms with E-state index in [1.54, 1.807) is 0 Å². The van der Waals surface area contributed by atoms with Gasteiger partial charge in [0.25, 0.3) is 0 Å². The molecule has 0 N–H and O–H groups in total. The Balaban J connectivity index is 2.38. The van der Waals surface area contributed by atoms with E-state index in [1.165, 1.54) is 63.1 Å². The Morgan fingerprint density at radius 3 is 1.93 bits per heavy atom. The van der Waals surface area contributed by atoms with Crippen LogP contribution in [0.2, 0.25) is 0 Å². The summed E-state index contributed by atoms with van der Waals surface area (Å²) in [6.45, 7) is 4.21. The van der Waals surface area contributed by atoms with Gasteiger partial charge in [-0.25, -0.2) is 4.79 Å². The summed E-state index contributed by atoms with van der Waals surface area (Å²) in [7, 11) is 0. The number of hydrogen-bond donors (Lipinski definition) is 0. The molecule has 29 heavy (non-hydrogen) atoms. The van der Waals surface area contributed by atoms with Gasteiger partial charge >= 0.3 is 12.1 Å². The van der Waals surface area contributed by atoms with Crippen molar-refractivity contribution in [2.75, 3.05) is 0 Å². The second-order valence-corrected chi connectivity index (χ2v) is 7.83. The third kappa shape index (κ3) is 10.7. The molecule has 0 heterocycles. The standard InChI is InChI=1S/C24H37F3O2/c1-3-5-6-7-8-9-10-11-12-13-17-20(16-4-2)29-23(28)21-18-14-15-19-22(21)24(25,26)27/h14-15,18-20H,3-13,16-17H2,1-2H3. The summed E-state index contributed by atoms with van der Waals surface area (Å²) in [5, 5.41) is 0. The molecule has 0 saturated carbocycles. The summed E-state index contributed by atoms with van der Waals surface area (Å²) >= 11 is 0. The maximum atomic E-state index is 13.1. The highest BCUT2D eigenvalue weighted by molar-refractivity contribution is 5.91. The van der Waals surface area contributed by atoms with Crippen LogP contribution in [0.15, 0.2) is 24.3 Å². The van der Waals surface area contributed by atoms with Gasteiger partial charge in [0.2, 0.25) is 0 Å². The Bertz CT molecular complexity index is 569. The van der Waals surface area contributed by atoms with Crippen molar-refractivity contribution in [1.29, 1.82) is 0 Å². The molecule has 166 valence electrons. The van der Waals surface area contributed by atoms with Gasteiger partial charge in [-0.1, -0.05) is 90.2 Å². The fourth-order valence-corrected chi connectivity index (χ4v) is 3.57. The summed E-state index contributed by atoms with van der Waals surface area (Å²) in [5.74, 6) is -0.872. The minimum absolute atomic E-state index is 0.317. The molecule has 2 nitrogen and oxygen atoms in total. The van der Waals surface area contributed by atoms with E-state index in [4.69, 9.17) is 4.74 Å². The second kappa shape index (κ2) is 14.5. The lowest BCUT2D eigenvalue weighted by Gasteiger charge is -2.19. The van der Waals surface area contributed by atoms with E-state index in [-0.39, 0.29) is 6.10 Å². The first-order valence-electron chi connectivity index (χ1n) is 11.3. The van der Waals surface area contributed by atoms with Crippen LogP contribution >= 0.6 is 0 Å². The number of carbonyl (C=O) groups is 1. The maximum Gasteiger partial charge on any atom is 0.417 e. The van der Waals surface area contributed by atoms with Crippen LogP contribution in [0.4, 0.5) is 13.2 Å². The predicted molar refractivity (Wildman–Crippen MR) is 112 cm³/mol. The minimum Gasteiger partial charge on any atom is -0.459 e. The Morgan fingerprint density at radius 1 is 0.828 bits per heavy atom. The van der Waals surface area contributed by atoms with Gasteiger partial charge in [-0.15, -0.1) is 0 Å². The number of ether oxygens (including phenoxy) is 1. The summed E-state index contributed by atoms with van der Waals surface area (Å²) < 4.78 is 44.8. The van der Waals surface area contributed by atoms with E-state index in [0.29, 0.717) is 12.8 Å². The molecule has 0 aliphatic rings. The normalized spacial score (nSPS) is 12.7. The number of rotatable bonds is 15. The Morgan fingerprint density at radius 2 is 1.38 bits per heavy atom. The maximum absolute atomic E-state index is 13.1. The van der Waals surface area contributed by atoms with E-state index >= 15 is 0 Å². The zero-order valence-corrected chi connectivity index (χ0v) is 18.0. The molecule has 0 radical (unpaired) electrons. The van der Waals surface area contributed by atoms with E-state index in [0.717, 1.165) is 31.7 Å². The Kier molecular flexibility index (Phi) is 12.7. The van der Waals surface area contributed by atoms with Crippen LogP contribution in [0.1, 0.15) is 113 Å². The van der Waals surface area contributed by atoms with Crippen LogP contribution < -0.4 is 0 Å². The van der Waals surface area contributed by atoms with E-state index in [2.05, 4.69) is 6.92 Å². The van der Waals surface area contributed by atoms with Gasteiger partial charge < -0.3 is 4.74 Å². The summed E-state index contributed by atoms with van der Waals surface area (Å²) in [6.07, 6.45) is 9.56. The first-order chi connectivity index (χ1) is 13.9. The number of unbranched alkanes of at least 4 members (excludes halogenated alkanes) is 9. The molecule has 0 fully saturated rings. The lowest BCUT2D eigenvalue weighted by molar-refractivity contribution is -0.138. The Labute approximate surface area is 174 Å². The molecule has 0 aromatic heterocycles. The number of esters is 1. The second-order valence-electron chi connectivity index (χ2n) is 7.83. The van der Waals surface area contributed by atoms with Crippen molar-refractivity contribution in [2.24, 2.45) is 0 Å². The third-order valence-corrected chi connectivity index (χ3v) is 5.22. The largest absolute Gasteiger partial charge is 0.459 e. The zero-order valence-electron chi connectivity index (χ0n) is 18.0. The molecule has 1 unspecified atom stereocenters. The fraction of sp³-hybridized carbons (Fsp3) is 0.708. The molecular formula is C24H37F3O2. The van der Waals surface area contributed by atoms with Crippen molar-refractivity contribution < 1.29 is 22.7 Å². The topological polar surface area (TPSA) is 26.3 Å². The molecule has 0 saturated heterocycles. The van der Waals surface area contributed by atoms with Crippen LogP contribution in [0.5, 0.6) is 0 Å². The van der Waals surface area contributed by atoms with Gasteiger partial charge in [-0.3, -0.25) is 0 Å². The quantitative estimate of drug-likeness (QED) is 0.213. The number of benzene rings is 1. The summed E-state index contributed by atoms with van der Waals surface area (Å²) in [5.41, 5.74) is -1.33. The molecule has 0 spiro atoms. The van der Waals surface area contributed by atoms with Crippen molar-refractivity contribution >= 4 is 5.97 Å². The SMILES string of the molecule is CCCCCCCCCCCCC(CCC)OC(=O)c1ccccc1C(F)(F)F. The van der Waals surface area contributed by atoms with Crippen LogP contribution in [0.25, 0.3) is 0 Å². The minimum atomic E-state index is -4.56. The van der Waals surface area contributed by atoms with Crippen molar-refractivity contribution in [3.63, 3.8) is 0 Å². The molecule has 0 aliphatic carbocycles. The molecule has 0 aliphatic heterocycles. The highest BCUT2D eigenvalue weighted by Crippen LogP contribution is 2.32. The van der Waals surface area contributed by atoms with Crippen molar-refractivity contribution in [1.82, 2.24) is 0 Å². The Hall–Kier alpha value is -1.52. The molecule has 0 amide bonds. The predicted octanol–water partition coefficient (Wildman–Crippen LogP) is 8.34. The average molecular weight is 415 g/mol. The van der Waals surface area contributed by atoms with Gasteiger partial charge in [0.15, 0.2) is 0 Å². The summed E-state index contributed by atoms with van der Waals surface area (Å²) in [4.78, 5) is 12.4. The molecular weight excluding hydrogens is 377 g/mol. The van der Waals surface area contributed by atoms with Crippen LogP contribution in [0, 0.1) is 0 Å². The van der Waals surface area contributed by atoms with Crippen molar-refractivity contribution in [3.8, 4) is 0 Å². The number of carbonyl (C=O) groups excluding carboxylic acids is 1. The van der Waals surface area contributed by atoms with Crippen LogP contribution in [-0.2, 0) is 10.9 Å². The van der Waals surface area contributed by atoms with Gasteiger partial charge in [0, 0.05) is 0 Å². The lowest BCUT2D eigenvalue weighted by atomic mass is 10.0. The number of halogens is 3. The van der Waals surface area contributed by atoms with Crippen molar-refractivity contribution in [3.05, 3.63) is 35.4 Å². The van der Waals surface area contributed by atoms with Gasteiger partial charge in [0.1, 0.15) is 6.10 Å².